The van der Waals surface area contributed by atoms with Crippen molar-refractivity contribution in [3.05, 3.63) is 107 Å². The number of nitrogens with zero attached hydrogens (tertiary/aromatic N) is 4. The van der Waals surface area contributed by atoms with Gasteiger partial charge in [0.05, 0.1) is 30.0 Å². The maximum absolute atomic E-state index is 9.73. The molecule has 0 unspecified atom stereocenters. The van der Waals surface area contributed by atoms with Crippen LogP contribution in [0.25, 0.3) is 5.69 Å². The molecule has 5 rings (SSSR count). The molecule has 0 amide bonds. The Morgan fingerprint density at radius 1 is 0.970 bits per heavy atom. The Morgan fingerprint density at radius 2 is 1.70 bits per heavy atom. The highest BCUT2D eigenvalue weighted by atomic mass is 32.1. The first-order valence-corrected chi connectivity index (χ1v) is 11.3. The van der Waals surface area contributed by atoms with E-state index in [4.69, 9.17) is 12.2 Å². The number of pyridine rings is 2. The first-order valence-electron chi connectivity index (χ1n) is 10.9. The Bertz CT molecular complexity index is 1270. The fraction of sp³-hybridized carbons (Fsp3) is 0.192. The predicted molar refractivity (Wildman–Crippen MR) is 132 cm³/mol. The minimum Gasteiger partial charge on any atom is -0.508 e. The van der Waals surface area contributed by atoms with Gasteiger partial charge in [0.1, 0.15) is 5.75 Å². The van der Waals surface area contributed by atoms with E-state index in [-0.39, 0.29) is 17.8 Å². The largest absolute Gasteiger partial charge is 0.508 e. The zero-order valence-corrected chi connectivity index (χ0v) is 19.3. The van der Waals surface area contributed by atoms with Gasteiger partial charge in [0.25, 0.3) is 0 Å². The second-order valence-electron chi connectivity index (χ2n) is 8.25. The van der Waals surface area contributed by atoms with Gasteiger partial charge in [-0.2, -0.15) is 0 Å². The molecule has 4 aromatic rings. The number of rotatable bonds is 5. The van der Waals surface area contributed by atoms with Crippen LogP contribution in [0.1, 0.15) is 40.4 Å². The summed E-state index contributed by atoms with van der Waals surface area (Å²) < 4.78 is 2.21. The first-order chi connectivity index (χ1) is 16.0. The maximum Gasteiger partial charge on any atom is 0.170 e. The molecule has 2 atom stereocenters. The number of aromatic nitrogens is 3. The molecule has 1 aliphatic rings. The highest BCUT2D eigenvalue weighted by molar-refractivity contribution is 7.80. The lowest BCUT2D eigenvalue weighted by molar-refractivity contribution is 0.307. The van der Waals surface area contributed by atoms with Crippen LogP contribution in [0.5, 0.6) is 5.75 Å². The molecule has 1 fully saturated rings. The first kappa shape index (κ1) is 21.2. The van der Waals surface area contributed by atoms with Crippen molar-refractivity contribution in [3.8, 4) is 11.4 Å². The van der Waals surface area contributed by atoms with Gasteiger partial charge in [0, 0.05) is 29.5 Å². The molecule has 0 radical (unpaired) electrons. The monoisotopic (exact) mass is 455 g/mol. The van der Waals surface area contributed by atoms with Gasteiger partial charge in [0.2, 0.25) is 0 Å². The van der Waals surface area contributed by atoms with Gasteiger partial charge in [-0.05, 0) is 86.2 Å². The topological polar surface area (TPSA) is 66.2 Å². The van der Waals surface area contributed by atoms with Crippen molar-refractivity contribution in [2.45, 2.75) is 32.5 Å². The van der Waals surface area contributed by atoms with Crippen molar-refractivity contribution < 1.29 is 5.11 Å². The number of hydrogen-bond donors (Lipinski definition) is 2. The number of thiocarbonyl (C=S) groups is 1. The summed E-state index contributed by atoms with van der Waals surface area (Å²) in [6, 6.07) is 21.3. The van der Waals surface area contributed by atoms with E-state index in [0.717, 1.165) is 28.5 Å². The Labute approximate surface area is 198 Å². The molecule has 33 heavy (non-hydrogen) atoms. The summed E-state index contributed by atoms with van der Waals surface area (Å²) in [5.74, 6) is 0.253. The van der Waals surface area contributed by atoms with Crippen molar-refractivity contribution in [1.29, 1.82) is 0 Å². The molecule has 4 heterocycles. The molecule has 0 saturated carbocycles. The van der Waals surface area contributed by atoms with E-state index >= 15 is 0 Å². The van der Waals surface area contributed by atoms with Crippen LogP contribution in [-0.2, 0) is 6.54 Å². The van der Waals surface area contributed by atoms with Crippen LogP contribution in [0.3, 0.4) is 0 Å². The molecular formula is C26H25N5OS. The van der Waals surface area contributed by atoms with Crippen molar-refractivity contribution in [2.24, 2.45) is 0 Å². The predicted octanol–water partition coefficient (Wildman–Crippen LogP) is 4.76. The standard InChI is InChI=1S/C26H25N5OS/c1-17-15-22(18(2)31(17)20-9-11-21(32)12-10-20)25-24(23-8-4-6-14-28-23)29-26(33)30(25)16-19-7-3-5-13-27-19/h3-15,24-25,32H,16H2,1-2H3,(H,29,33)/t24-,25+/m1/s1. The number of nitrogens with one attached hydrogen (secondary N) is 1. The number of hydrogen-bond acceptors (Lipinski definition) is 4. The van der Waals surface area contributed by atoms with Crippen LogP contribution in [0.15, 0.2) is 79.1 Å². The molecule has 3 aromatic heterocycles. The Hall–Kier alpha value is -3.71. The number of phenols is 1. The Morgan fingerprint density at radius 3 is 2.36 bits per heavy atom. The van der Waals surface area contributed by atoms with Crippen molar-refractivity contribution in [2.75, 3.05) is 0 Å². The number of aromatic hydroxyl groups is 1. The smallest absolute Gasteiger partial charge is 0.170 e. The van der Waals surface area contributed by atoms with Gasteiger partial charge in [0.15, 0.2) is 5.11 Å². The second-order valence-corrected chi connectivity index (χ2v) is 8.64. The molecule has 0 aliphatic carbocycles. The molecular weight excluding hydrogens is 430 g/mol. The summed E-state index contributed by atoms with van der Waals surface area (Å²) in [5.41, 5.74) is 6.33. The van der Waals surface area contributed by atoms with Gasteiger partial charge in [-0.25, -0.2) is 0 Å². The van der Waals surface area contributed by atoms with Gasteiger partial charge in [-0.1, -0.05) is 12.1 Å². The van der Waals surface area contributed by atoms with Crippen LogP contribution in [-0.4, -0.2) is 29.7 Å². The third-order valence-electron chi connectivity index (χ3n) is 6.15. The van der Waals surface area contributed by atoms with E-state index in [2.05, 4.69) is 44.7 Å². The van der Waals surface area contributed by atoms with E-state index in [1.165, 1.54) is 5.56 Å². The number of benzene rings is 1. The van der Waals surface area contributed by atoms with Crippen LogP contribution in [0.4, 0.5) is 0 Å². The summed E-state index contributed by atoms with van der Waals surface area (Å²) in [5, 5.41) is 13.9. The molecule has 1 saturated heterocycles. The minimum atomic E-state index is -0.0869. The summed E-state index contributed by atoms with van der Waals surface area (Å²) >= 11 is 5.81. The second kappa shape index (κ2) is 8.67. The zero-order valence-electron chi connectivity index (χ0n) is 18.5. The average molecular weight is 456 g/mol. The molecule has 2 N–H and O–H groups in total. The molecule has 166 valence electrons. The maximum atomic E-state index is 9.73. The van der Waals surface area contributed by atoms with Gasteiger partial charge in [-0.15, -0.1) is 0 Å². The van der Waals surface area contributed by atoms with E-state index in [9.17, 15) is 5.11 Å². The highest BCUT2D eigenvalue weighted by Gasteiger charge is 2.41. The average Bonchev–Trinajstić information content (AvgIpc) is 3.31. The zero-order chi connectivity index (χ0) is 22.9. The lowest BCUT2D eigenvalue weighted by atomic mass is 9.96. The summed E-state index contributed by atoms with van der Waals surface area (Å²) in [6.45, 7) is 4.83. The van der Waals surface area contributed by atoms with Crippen molar-refractivity contribution in [1.82, 2.24) is 24.8 Å². The fourth-order valence-electron chi connectivity index (χ4n) is 4.67. The van der Waals surface area contributed by atoms with Crippen molar-refractivity contribution in [3.63, 3.8) is 0 Å². The fourth-order valence-corrected chi connectivity index (χ4v) is 4.97. The van der Waals surface area contributed by atoms with E-state index in [1.54, 1.807) is 12.1 Å². The van der Waals surface area contributed by atoms with Gasteiger partial charge >= 0.3 is 0 Å². The molecule has 1 aromatic carbocycles. The summed E-state index contributed by atoms with van der Waals surface area (Å²) in [7, 11) is 0. The lowest BCUT2D eigenvalue weighted by Gasteiger charge is -2.28. The van der Waals surface area contributed by atoms with E-state index in [0.29, 0.717) is 11.7 Å². The molecule has 1 aliphatic heterocycles. The SMILES string of the molecule is Cc1cc([C@H]2[C@@H](c3ccccn3)NC(=S)N2Cc2ccccn2)c(C)n1-c1ccc(O)cc1. The van der Waals surface area contributed by atoms with Crippen LogP contribution in [0.2, 0.25) is 0 Å². The van der Waals surface area contributed by atoms with Crippen LogP contribution >= 0.6 is 12.2 Å². The van der Waals surface area contributed by atoms with Crippen LogP contribution in [0, 0.1) is 13.8 Å². The molecule has 0 spiro atoms. The van der Waals surface area contributed by atoms with Crippen molar-refractivity contribution >= 4 is 17.3 Å². The third-order valence-corrected chi connectivity index (χ3v) is 6.51. The summed E-state index contributed by atoms with van der Waals surface area (Å²) in [4.78, 5) is 11.4. The normalized spacial score (nSPS) is 17.9. The van der Waals surface area contributed by atoms with E-state index < -0.39 is 0 Å². The minimum absolute atomic E-state index is 0.0496. The third kappa shape index (κ3) is 3.96. The van der Waals surface area contributed by atoms with Crippen LogP contribution < -0.4 is 5.32 Å². The molecule has 7 heteroatoms. The van der Waals surface area contributed by atoms with Gasteiger partial charge in [-0.3, -0.25) is 9.97 Å². The molecule has 0 bridgehead atoms. The molecule has 6 nitrogen and oxygen atoms in total. The van der Waals surface area contributed by atoms with Gasteiger partial charge < -0.3 is 19.9 Å². The highest BCUT2D eigenvalue weighted by Crippen LogP contribution is 2.42. The number of phenolic OH excluding ortho intramolecular Hbond substituents is 1. The number of aryl methyl sites for hydroxylation is 1. The van der Waals surface area contributed by atoms with E-state index in [1.807, 2.05) is 60.9 Å². The lowest BCUT2D eigenvalue weighted by Crippen LogP contribution is -2.29. The summed E-state index contributed by atoms with van der Waals surface area (Å²) in [6.07, 6.45) is 3.63. The Balaban J connectivity index is 1.61. The quantitative estimate of drug-likeness (QED) is 0.423. The Kier molecular flexibility index (Phi) is 5.56.